The molecule has 0 bridgehead atoms. The van der Waals surface area contributed by atoms with Crippen LogP contribution in [-0.2, 0) is 6.42 Å². The molecule has 20 heavy (non-hydrogen) atoms. The summed E-state index contributed by atoms with van der Waals surface area (Å²) in [6.45, 7) is 2.16. The van der Waals surface area contributed by atoms with Gasteiger partial charge in [0.2, 0.25) is 0 Å². The first-order valence-electron chi connectivity index (χ1n) is 6.70. The Labute approximate surface area is 124 Å². The Morgan fingerprint density at radius 1 is 1.10 bits per heavy atom. The zero-order valence-electron chi connectivity index (χ0n) is 11.4. The van der Waals surface area contributed by atoms with Crippen LogP contribution in [0, 0.1) is 0 Å². The molecule has 0 aliphatic heterocycles. The summed E-state index contributed by atoms with van der Waals surface area (Å²) in [6.07, 6.45) is 2.00. The van der Waals surface area contributed by atoms with E-state index < -0.39 is 0 Å². The van der Waals surface area contributed by atoms with Crippen LogP contribution in [0.2, 0.25) is 5.02 Å². The third-order valence-corrected chi connectivity index (χ3v) is 3.27. The minimum absolute atomic E-state index is 0.0440. The molecule has 2 rings (SSSR count). The molecule has 0 saturated heterocycles. The summed E-state index contributed by atoms with van der Waals surface area (Å²) in [5, 5.41) is 0.621. The summed E-state index contributed by atoms with van der Waals surface area (Å²) in [5.74, 6) is 0.740. The second-order valence-electron chi connectivity index (χ2n) is 4.58. The highest BCUT2D eigenvalue weighted by Gasteiger charge is 2.08. The predicted octanol–water partition coefficient (Wildman–Crippen LogP) is 4.55. The Bertz CT molecular complexity index is 576. The highest BCUT2D eigenvalue weighted by atomic mass is 35.5. The number of hydrogen-bond donors (Lipinski definition) is 0. The van der Waals surface area contributed by atoms with Crippen molar-refractivity contribution in [1.29, 1.82) is 0 Å². The van der Waals surface area contributed by atoms with E-state index in [9.17, 15) is 4.79 Å². The van der Waals surface area contributed by atoms with Gasteiger partial charge in [-0.25, -0.2) is 0 Å². The molecular weight excluding hydrogens is 272 g/mol. The maximum atomic E-state index is 12.0. The van der Waals surface area contributed by atoms with E-state index in [4.69, 9.17) is 16.3 Å². The van der Waals surface area contributed by atoms with Gasteiger partial charge >= 0.3 is 0 Å². The quantitative estimate of drug-likeness (QED) is 0.729. The number of ether oxygens (including phenoxy) is 1. The number of carbonyl (C=O) groups is 1. The first kappa shape index (κ1) is 14.6. The van der Waals surface area contributed by atoms with Gasteiger partial charge in [0, 0.05) is 10.6 Å². The Morgan fingerprint density at radius 2 is 1.80 bits per heavy atom. The van der Waals surface area contributed by atoms with Crippen LogP contribution in [0.15, 0.2) is 48.5 Å². The van der Waals surface area contributed by atoms with Gasteiger partial charge < -0.3 is 4.74 Å². The van der Waals surface area contributed by atoms with Crippen molar-refractivity contribution < 1.29 is 9.53 Å². The molecule has 0 N–H and O–H groups in total. The lowest BCUT2D eigenvalue weighted by molar-refractivity contribution is 0.0921. The third kappa shape index (κ3) is 3.84. The Balaban J connectivity index is 2.01. The monoisotopic (exact) mass is 288 g/mol. The fraction of sp³-hybridized carbons (Fsp3) is 0.235. The number of ketones is 1. The van der Waals surface area contributed by atoms with Gasteiger partial charge in [0.1, 0.15) is 5.75 Å². The second kappa shape index (κ2) is 7.11. The summed E-state index contributed by atoms with van der Waals surface area (Å²) >= 11 is 5.80. The minimum Gasteiger partial charge on any atom is -0.485 e. The number of aryl methyl sites for hydroxylation is 1. The number of halogens is 1. The summed E-state index contributed by atoms with van der Waals surface area (Å²) in [5.41, 5.74) is 1.75. The zero-order chi connectivity index (χ0) is 14.4. The molecular formula is C17H17ClO2. The van der Waals surface area contributed by atoms with Crippen LogP contribution < -0.4 is 4.74 Å². The molecule has 0 saturated carbocycles. The van der Waals surface area contributed by atoms with E-state index >= 15 is 0 Å². The van der Waals surface area contributed by atoms with E-state index in [1.54, 1.807) is 24.3 Å². The topological polar surface area (TPSA) is 26.3 Å². The molecule has 0 heterocycles. The number of rotatable bonds is 6. The standard InChI is InChI=1S/C17H17ClO2/c1-2-5-14-6-3-4-7-17(14)20-12-16(19)13-8-10-15(18)11-9-13/h3-4,6-11H,2,5,12H2,1H3. The number of para-hydroxylation sites is 1. The summed E-state index contributed by atoms with van der Waals surface area (Å²) in [4.78, 5) is 12.0. The van der Waals surface area contributed by atoms with Crippen LogP contribution in [0.3, 0.4) is 0 Å². The summed E-state index contributed by atoms with van der Waals surface area (Å²) in [6, 6.07) is 14.7. The van der Waals surface area contributed by atoms with Crippen LogP contribution >= 0.6 is 11.6 Å². The van der Waals surface area contributed by atoms with Gasteiger partial charge in [-0.15, -0.1) is 0 Å². The number of benzene rings is 2. The molecule has 0 aromatic heterocycles. The lowest BCUT2D eigenvalue weighted by Gasteiger charge is -2.10. The predicted molar refractivity (Wildman–Crippen MR) is 81.7 cm³/mol. The molecule has 0 atom stereocenters. The normalized spacial score (nSPS) is 10.3. The lowest BCUT2D eigenvalue weighted by atomic mass is 10.1. The zero-order valence-corrected chi connectivity index (χ0v) is 12.2. The third-order valence-electron chi connectivity index (χ3n) is 3.02. The van der Waals surface area contributed by atoms with E-state index in [0.29, 0.717) is 10.6 Å². The van der Waals surface area contributed by atoms with E-state index in [0.717, 1.165) is 24.2 Å². The van der Waals surface area contributed by atoms with Crippen LogP contribution in [0.4, 0.5) is 0 Å². The Morgan fingerprint density at radius 3 is 2.50 bits per heavy atom. The summed E-state index contributed by atoms with van der Waals surface area (Å²) in [7, 11) is 0. The largest absolute Gasteiger partial charge is 0.485 e. The van der Waals surface area contributed by atoms with Gasteiger partial charge in [0.05, 0.1) is 0 Å². The fourth-order valence-corrected chi connectivity index (χ4v) is 2.11. The van der Waals surface area contributed by atoms with Crippen LogP contribution in [0.5, 0.6) is 5.75 Å². The van der Waals surface area contributed by atoms with Crippen LogP contribution in [0.1, 0.15) is 29.3 Å². The van der Waals surface area contributed by atoms with Crippen molar-refractivity contribution >= 4 is 17.4 Å². The van der Waals surface area contributed by atoms with Crippen molar-refractivity contribution in [3.63, 3.8) is 0 Å². The maximum Gasteiger partial charge on any atom is 0.200 e. The molecule has 2 aromatic rings. The van der Waals surface area contributed by atoms with Crippen molar-refractivity contribution in [3.05, 3.63) is 64.7 Å². The maximum absolute atomic E-state index is 12.0. The van der Waals surface area contributed by atoms with Crippen molar-refractivity contribution in [2.24, 2.45) is 0 Å². The highest BCUT2D eigenvalue weighted by molar-refractivity contribution is 6.30. The van der Waals surface area contributed by atoms with E-state index in [-0.39, 0.29) is 12.4 Å². The van der Waals surface area contributed by atoms with Gasteiger partial charge in [0.25, 0.3) is 0 Å². The molecule has 0 unspecified atom stereocenters. The molecule has 2 nitrogen and oxygen atoms in total. The van der Waals surface area contributed by atoms with Crippen molar-refractivity contribution in [3.8, 4) is 5.75 Å². The molecule has 3 heteroatoms. The Kier molecular flexibility index (Phi) is 5.19. The first-order valence-corrected chi connectivity index (χ1v) is 7.08. The van der Waals surface area contributed by atoms with E-state index in [2.05, 4.69) is 6.92 Å². The van der Waals surface area contributed by atoms with E-state index in [1.165, 1.54) is 0 Å². The van der Waals surface area contributed by atoms with Gasteiger partial charge in [-0.3, -0.25) is 4.79 Å². The number of carbonyl (C=O) groups excluding carboxylic acids is 1. The van der Waals surface area contributed by atoms with Gasteiger partial charge in [-0.05, 0) is 42.3 Å². The van der Waals surface area contributed by atoms with E-state index in [1.807, 2.05) is 24.3 Å². The van der Waals surface area contributed by atoms with Gasteiger partial charge in [-0.1, -0.05) is 43.1 Å². The SMILES string of the molecule is CCCc1ccccc1OCC(=O)c1ccc(Cl)cc1. The Hall–Kier alpha value is -1.80. The lowest BCUT2D eigenvalue weighted by Crippen LogP contribution is -2.12. The van der Waals surface area contributed by atoms with Crippen LogP contribution in [0.25, 0.3) is 0 Å². The minimum atomic E-state index is -0.0482. The average Bonchev–Trinajstić information content (AvgIpc) is 2.47. The fourth-order valence-electron chi connectivity index (χ4n) is 1.98. The second-order valence-corrected chi connectivity index (χ2v) is 5.01. The number of Topliss-reactive ketones (excluding diaryl/α,β-unsaturated/α-hetero) is 1. The van der Waals surface area contributed by atoms with Gasteiger partial charge in [0.15, 0.2) is 12.4 Å². The van der Waals surface area contributed by atoms with Crippen LogP contribution in [-0.4, -0.2) is 12.4 Å². The molecule has 104 valence electrons. The van der Waals surface area contributed by atoms with Crippen molar-refractivity contribution in [2.45, 2.75) is 19.8 Å². The molecule has 2 aromatic carbocycles. The molecule has 0 amide bonds. The molecule has 0 spiro atoms. The number of hydrogen-bond acceptors (Lipinski definition) is 2. The summed E-state index contributed by atoms with van der Waals surface area (Å²) < 4.78 is 5.65. The smallest absolute Gasteiger partial charge is 0.200 e. The average molecular weight is 289 g/mol. The van der Waals surface area contributed by atoms with Crippen molar-refractivity contribution in [1.82, 2.24) is 0 Å². The highest BCUT2D eigenvalue weighted by Crippen LogP contribution is 2.20. The van der Waals surface area contributed by atoms with Gasteiger partial charge in [-0.2, -0.15) is 0 Å². The molecule has 0 aliphatic carbocycles. The molecule has 0 radical (unpaired) electrons. The molecule has 0 aliphatic rings. The molecule has 0 fully saturated rings. The first-order chi connectivity index (χ1) is 9.70. The van der Waals surface area contributed by atoms with Crippen molar-refractivity contribution in [2.75, 3.05) is 6.61 Å².